The highest BCUT2D eigenvalue weighted by atomic mass is 31.2. The van der Waals surface area contributed by atoms with E-state index >= 15 is 0 Å². The number of allylic oxidation sites excluding steroid dienone is 8. The number of aliphatic hydroxyl groups is 4. The van der Waals surface area contributed by atoms with Crippen LogP contribution in [-0.2, 0) is 32.7 Å². The van der Waals surface area contributed by atoms with E-state index in [0.717, 1.165) is 25.7 Å². The molecule has 0 spiro atoms. The first-order valence-corrected chi connectivity index (χ1v) is 23.6. The molecule has 5 N–H and O–H groups in total. The van der Waals surface area contributed by atoms with Crippen LogP contribution in [0.2, 0.25) is 0 Å². The summed E-state index contributed by atoms with van der Waals surface area (Å²) in [6.07, 6.45) is 39.4. The van der Waals surface area contributed by atoms with E-state index in [2.05, 4.69) is 11.4 Å². The minimum absolute atomic E-state index is 0.00383. The van der Waals surface area contributed by atoms with Gasteiger partial charge in [0.2, 0.25) is 0 Å². The number of carbonyl (C=O) groups excluding carboxylic acids is 2. The van der Waals surface area contributed by atoms with Gasteiger partial charge >= 0.3 is 19.8 Å². The second-order valence-corrected chi connectivity index (χ2v) is 16.2. The van der Waals surface area contributed by atoms with Crippen LogP contribution in [0.15, 0.2) is 72.9 Å². The van der Waals surface area contributed by atoms with Gasteiger partial charge in [0.1, 0.15) is 12.7 Å². The maximum Gasteiger partial charge on any atom is 0.472 e. The summed E-state index contributed by atoms with van der Waals surface area (Å²) in [5.41, 5.74) is 0. The summed E-state index contributed by atoms with van der Waals surface area (Å²) >= 11 is 0. The lowest BCUT2D eigenvalue weighted by molar-refractivity contribution is -0.161. The Labute approximate surface area is 355 Å². The molecule has 0 bridgehead atoms. The van der Waals surface area contributed by atoms with Crippen molar-refractivity contribution in [2.45, 2.75) is 180 Å². The molecule has 0 saturated carbocycles. The lowest BCUT2D eigenvalue weighted by atomic mass is 10.0. The van der Waals surface area contributed by atoms with Gasteiger partial charge in [-0.3, -0.25) is 18.6 Å². The van der Waals surface area contributed by atoms with E-state index in [9.17, 15) is 34.4 Å². The van der Waals surface area contributed by atoms with Gasteiger partial charge in [0.15, 0.2) is 6.10 Å². The molecule has 0 rings (SSSR count). The maximum atomic E-state index is 12.6. The van der Waals surface area contributed by atoms with Crippen molar-refractivity contribution in [3.63, 3.8) is 0 Å². The van der Waals surface area contributed by atoms with Gasteiger partial charge in [-0.2, -0.15) is 0 Å². The fourth-order valence-corrected chi connectivity index (χ4v) is 6.41. The molecule has 0 fully saturated rings. The highest BCUT2D eigenvalue weighted by molar-refractivity contribution is 7.47. The number of unbranched alkanes of at least 4 members (excludes halogenated alkanes) is 15. The zero-order chi connectivity index (χ0) is 43.7. The predicted octanol–water partition coefficient (Wildman–Crippen LogP) is 9.61. The quantitative estimate of drug-likeness (QED) is 0.0129. The number of hydrogen-bond donors (Lipinski definition) is 5. The van der Waals surface area contributed by atoms with E-state index in [-0.39, 0.29) is 19.4 Å². The molecule has 0 radical (unpaired) electrons. The van der Waals surface area contributed by atoms with E-state index in [1.165, 1.54) is 70.6 Å². The molecular weight excluding hydrogens is 775 g/mol. The molecule has 1 unspecified atom stereocenters. The summed E-state index contributed by atoms with van der Waals surface area (Å²) < 4.78 is 32.6. The summed E-state index contributed by atoms with van der Waals surface area (Å²) in [6.45, 7) is 1.96. The molecular formula is C46H79O12P. The van der Waals surface area contributed by atoms with E-state index in [1.807, 2.05) is 49.5 Å². The SMILES string of the molecule is CC/C=C\C[C@H](O)/C=C/C=C\C/C=C\C=C\[C@H](O)/C=C\CCCC(=O)O[C@H](COC(=O)CCCCCCCCCCCCCCCCC)COP(=O)(O)OC[C@@H](O)CO. The first-order chi connectivity index (χ1) is 28.5. The summed E-state index contributed by atoms with van der Waals surface area (Å²) in [5, 5.41) is 38.3. The van der Waals surface area contributed by atoms with E-state index in [1.54, 1.807) is 30.4 Å². The van der Waals surface area contributed by atoms with Crippen LogP contribution < -0.4 is 0 Å². The molecule has 0 saturated heterocycles. The van der Waals surface area contributed by atoms with Crippen molar-refractivity contribution >= 4 is 19.8 Å². The van der Waals surface area contributed by atoms with Gasteiger partial charge in [-0.1, -0.05) is 177 Å². The third kappa shape index (κ3) is 40.5. The van der Waals surface area contributed by atoms with Crippen molar-refractivity contribution in [3.8, 4) is 0 Å². The minimum atomic E-state index is -4.68. The second kappa shape index (κ2) is 40.7. The highest BCUT2D eigenvalue weighted by Gasteiger charge is 2.27. The topological polar surface area (TPSA) is 189 Å². The summed E-state index contributed by atoms with van der Waals surface area (Å²) in [6, 6.07) is 0. The Morgan fingerprint density at radius 3 is 1.76 bits per heavy atom. The summed E-state index contributed by atoms with van der Waals surface area (Å²) in [5.74, 6) is -1.11. The monoisotopic (exact) mass is 855 g/mol. The molecule has 59 heavy (non-hydrogen) atoms. The number of rotatable bonds is 40. The molecule has 0 aliphatic carbocycles. The average Bonchev–Trinajstić information content (AvgIpc) is 3.21. The largest absolute Gasteiger partial charge is 0.472 e. The molecule has 0 amide bonds. The lowest BCUT2D eigenvalue weighted by Gasteiger charge is -2.20. The Bertz CT molecular complexity index is 1240. The summed E-state index contributed by atoms with van der Waals surface area (Å²) in [7, 11) is -4.68. The Balaban J connectivity index is 4.55. The van der Waals surface area contributed by atoms with Gasteiger partial charge in [-0.15, -0.1) is 0 Å². The maximum absolute atomic E-state index is 12.6. The fourth-order valence-electron chi connectivity index (χ4n) is 5.62. The Kier molecular flexibility index (Phi) is 38.9. The average molecular weight is 855 g/mol. The first kappa shape index (κ1) is 56.3. The summed E-state index contributed by atoms with van der Waals surface area (Å²) in [4.78, 5) is 35.0. The van der Waals surface area contributed by atoms with Gasteiger partial charge < -0.3 is 34.8 Å². The van der Waals surface area contributed by atoms with Crippen LogP contribution in [-0.4, -0.2) is 88.1 Å². The number of aliphatic hydroxyl groups excluding tert-OH is 4. The van der Waals surface area contributed by atoms with E-state index < -0.39 is 64.0 Å². The zero-order valence-electron chi connectivity index (χ0n) is 36.2. The number of ether oxygens (including phenoxy) is 2. The van der Waals surface area contributed by atoms with Gasteiger partial charge in [0.05, 0.1) is 32.0 Å². The van der Waals surface area contributed by atoms with Crippen molar-refractivity contribution in [2.24, 2.45) is 0 Å². The van der Waals surface area contributed by atoms with E-state index in [0.29, 0.717) is 32.1 Å². The van der Waals surface area contributed by atoms with Crippen molar-refractivity contribution in [3.05, 3.63) is 72.9 Å². The van der Waals surface area contributed by atoms with Crippen LogP contribution in [0.25, 0.3) is 0 Å². The lowest BCUT2D eigenvalue weighted by Crippen LogP contribution is -2.29. The van der Waals surface area contributed by atoms with Gasteiger partial charge in [-0.05, 0) is 38.5 Å². The second-order valence-electron chi connectivity index (χ2n) is 14.7. The Morgan fingerprint density at radius 2 is 1.17 bits per heavy atom. The van der Waals surface area contributed by atoms with Gasteiger partial charge in [0, 0.05) is 12.8 Å². The molecule has 13 heteroatoms. The Hall–Kier alpha value is -2.67. The van der Waals surface area contributed by atoms with Crippen LogP contribution >= 0.6 is 7.82 Å². The molecule has 0 aromatic heterocycles. The molecule has 340 valence electrons. The van der Waals surface area contributed by atoms with Crippen LogP contribution in [0, 0.1) is 0 Å². The third-order valence-corrected chi connectivity index (χ3v) is 10.0. The van der Waals surface area contributed by atoms with Crippen LogP contribution in [0.4, 0.5) is 0 Å². The standard InChI is InChI=1S/C46H79O12P/c1-3-5-7-8-9-10-11-12-13-14-15-16-20-23-29-35-45(51)55-39-44(40-57-59(53,54)56-38-43(50)37-47)58-46(52)36-30-24-28-34-42(49)33-27-22-19-17-18-21-26-32-41(48)31-25-6-4-2/h6,18-19,21-22,25-28,32-34,41-44,47-50H,3-5,7-17,20,23-24,29-31,35-40H2,1-2H3,(H,53,54)/b21-18-,22-19-,25-6-,32-26+,33-27+,34-28-/t41-,42-,43-,44+/m0/s1. The smallest absolute Gasteiger partial charge is 0.462 e. The number of phosphoric acid groups is 1. The van der Waals surface area contributed by atoms with Crippen molar-refractivity contribution in [2.75, 3.05) is 26.4 Å². The molecule has 5 atom stereocenters. The van der Waals surface area contributed by atoms with Crippen molar-refractivity contribution in [1.29, 1.82) is 0 Å². The molecule has 0 aliphatic rings. The van der Waals surface area contributed by atoms with Crippen LogP contribution in [0.3, 0.4) is 0 Å². The van der Waals surface area contributed by atoms with Gasteiger partial charge in [0.25, 0.3) is 0 Å². The third-order valence-electron chi connectivity index (χ3n) is 9.05. The fraction of sp³-hybridized carbons (Fsp3) is 0.696. The van der Waals surface area contributed by atoms with Crippen molar-refractivity contribution in [1.82, 2.24) is 0 Å². The normalized spacial score (nSPS) is 15.6. The molecule has 0 aliphatic heterocycles. The van der Waals surface area contributed by atoms with E-state index in [4.69, 9.17) is 19.1 Å². The molecule has 0 aromatic carbocycles. The number of hydrogen-bond acceptors (Lipinski definition) is 11. The highest BCUT2D eigenvalue weighted by Crippen LogP contribution is 2.43. The van der Waals surface area contributed by atoms with Crippen LogP contribution in [0.5, 0.6) is 0 Å². The number of esters is 2. The molecule has 0 aromatic rings. The predicted molar refractivity (Wildman–Crippen MR) is 235 cm³/mol. The molecule has 0 heterocycles. The molecule has 12 nitrogen and oxygen atoms in total. The number of phosphoric ester groups is 1. The first-order valence-electron chi connectivity index (χ1n) is 22.1. The zero-order valence-corrected chi connectivity index (χ0v) is 37.1. The van der Waals surface area contributed by atoms with Crippen LogP contribution in [0.1, 0.15) is 155 Å². The number of carbonyl (C=O) groups is 2. The Morgan fingerprint density at radius 1 is 0.610 bits per heavy atom. The van der Waals surface area contributed by atoms with Crippen molar-refractivity contribution < 1.29 is 58.0 Å². The van der Waals surface area contributed by atoms with Gasteiger partial charge in [-0.25, -0.2) is 4.57 Å². The minimum Gasteiger partial charge on any atom is -0.462 e.